The van der Waals surface area contributed by atoms with Gasteiger partial charge in [0.15, 0.2) is 0 Å². The van der Waals surface area contributed by atoms with Crippen LogP contribution in [0.1, 0.15) is 18.2 Å². The topological polar surface area (TPSA) is 100 Å². The Kier molecular flexibility index (Phi) is 6.73. The minimum atomic E-state index is -3.60. The molecule has 0 spiro atoms. The maximum Gasteiger partial charge on any atom is 0.331 e. The second-order valence-corrected chi connectivity index (χ2v) is 12.0. The molecule has 36 heavy (non-hydrogen) atoms. The molecule has 4 aromatic rings. The SMILES string of the molecule is CCCn1c(=O)c2[nH]c(-c3ccc(S(=O)(=O)N4CCN(Cc5cccs5)CC4)cc3)cc2n(C)c1=O. The highest BCUT2D eigenvalue weighted by atomic mass is 32.2. The maximum absolute atomic E-state index is 13.2. The van der Waals surface area contributed by atoms with Gasteiger partial charge in [-0.1, -0.05) is 25.1 Å². The lowest BCUT2D eigenvalue weighted by atomic mass is 10.1. The van der Waals surface area contributed by atoms with Crippen LogP contribution in [-0.2, 0) is 30.2 Å². The van der Waals surface area contributed by atoms with E-state index in [1.165, 1.54) is 14.0 Å². The van der Waals surface area contributed by atoms with Crippen LogP contribution < -0.4 is 11.2 Å². The van der Waals surface area contributed by atoms with Gasteiger partial charge in [0.1, 0.15) is 5.52 Å². The van der Waals surface area contributed by atoms with Gasteiger partial charge in [-0.25, -0.2) is 13.2 Å². The number of rotatable bonds is 7. The van der Waals surface area contributed by atoms with E-state index in [0.29, 0.717) is 55.9 Å². The summed E-state index contributed by atoms with van der Waals surface area (Å²) in [7, 11) is -1.96. The highest BCUT2D eigenvalue weighted by Crippen LogP contribution is 2.25. The van der Waals surface area contributed by atoms with Crippen LogP contribution >= 0.6 is 11.3 Å². The van der Waals surface area contributed by atoms with Crippen molar-refractivity contribution >= 4 is 32.4 Å². The molecule has 1 aliphatic heterocycles. The van der Waals surface area contributed by atoms with Crippen LogP contribution in [0.3, 0.4) is 0 Å². The number of aromatic nitrogens is 3. The van der Waals surface area contributed by atoms with Gasteiger partial charge in [-0.3, -0.25) is 18.8 Å². The number of hydrogen-bond acceptors (Lipinski definition) is 6. The van der Waals surface area contributed by atoms with Gasteiger partial charge in [0.2, 0.25) is 10.0 Å². The molecule has 9 nitrogen and oxygen atoms in total. The number of benzene rings is 1. The number of nitrogens with zero attached hydrogens (tertiary/aromatic N) is 4. The summed E-state index contributed by atoms with van der Waals surface area (Å²) in [5.74, 6) is 0. The lowest BCUT2D eigenvalue weighted by molar-refractivity contribution is 0.183. The van der Waals surface area contributed by atoms with Crippen molar-refractivity contribution in [1.29, 1.82) is 0 Å². The number of hydrogen-bond donors (Lipinski definition) is 1. The average molecular weight is 528 g/mol. The van der Waals surface area contributed by atoms with Gasteiger partial charge < -0.3 is 4.98 Å². The van der Waals surface area contributed by atoms with Gasteiger partial charge >= 0.3 is 5.69 Å². The summed E-state index contributed by atoms with van der Waals surface area (Å²) in [5.41, 5.74) is 1.56. The predicted octanol–water partition coefficient (Wildman–Crippen LogP) is 2.67. The summed E-state index contributed by atoms with van der Waals surface area (Å²) in [6.07, 6.45) is 0.674. The molecular weight excluding hydrogens is 498 g/mol. The molecule has 5 rings (SSSR count). The lowest BCUT2D eigenvalue weighted by Crippen LogP contribution is -2.48. The monoisotopic (exact) mass is 527 g/mol. The van der Waals surface area contributed by atoms with Gasteiger partial charge in [0, 0.05) is 56.9 Å². The first-order valence-corrected chi connectivity index (χ1v) is 14.3. The van der Waals surface area contributed by atoms with Crippen molar-refractivity contribution in [1.82, 2.24) is 23.3 Å². The Hall–Kier alpha value is -2.99. The molecule has 190 valence electrons. The van der Waals surface area contributed by atoms with Crippen molar-refractivity contribution < 1.29 is 8.42 Å². The Balaban J connectivity index is 1.35. The van der Waals surface area contributed by atoms with Crippen LogP contribution in [0.4, 0.5) is 0 Å². The summed E-state index contributed by atoms with van der Waals surface area (Å²) in [6, 6.07) is 12.5. The smallest absolute Gasteiger partial charge is 0.331 e. The van der Waals surface area contributed by atoms with E-state index < -0.39 is 10.0 Å². The molecule has 0 bridgehead atoms. The second kappa shape index (κ2) is 9.81. The first kappa shape index (κ1) is 24.7. The molecule has 4 heterocycles. The minimum Gasteiger partial charge on any atom is -0.349 e. The van der Waals surface area contributed by atoms with E-state index in [4.69, 9.17) is 0 Å². The molecule has 0 radical (unpaired) electrons. The first-order valence-electron chi connectivity index (χ1n) is 12.0. The molecule has 0 unspecified atom stereocenters. The molecular formula is C25H29N5O4S2. The van der Waals surface area contributed by atoms with Gasteiger partial charge in [-0.15, -0.1) is 11.3 Å². The largest absolute Gasteiger partial charge is 0.349 e. The van der Waals surface area contributed by atoms with Gasteiger partial charge in [0.25, 0.3) is 5.56 Å². The number of thiophene rings is 1. The first-order chi connectivity index (χ1) is 17.3. The maximum atomic E-state index is 13.2. The Labute approximate surface area is 213 Å². The van der Waals surface area contributed by atoms with Crippen molar-refractivity contribution in [2.24, 2.45) is 7.05 Å². The standard InChI is InChI=1S/C25H29N5O4S2/c1-3-10-30-24(31)23-22(27(2)25(30)32)16-21(26-23)18-6-8-20(9-7-18)36(33,34)29-13-11-28(12-14-29)17-19-5-4-15-35-19/h4-9,15-16,26H,3,10-14,17H2,1-2H3. The van der Waals surface area contributed by atoms with E-state index in [1.54, 1.807) is 53.0 Å². The Morgan fingerprint density at radius 3 is 2.39 bits per heavy atom. The van der Waals surface area contributed by atoms with Crippen molar-refractivity contribution in [3.8, 4) is 11.3 Å². The lowest BCUT2D eigenvalue weighted by Gasteiger charge is -2.33. The third-order valence-electron chi connectivity index (χ3n) is 6.68. The van der Waals surface area contributed by atoms with Crippen LogP contribution in [0.5, 0.6) is 0 Å². The van der Waals surface area contributed by atoms with Crippen molar-refractivity contribution in [3.05, 3.63) is 73.6 Å². The number of fused-ring (bicyclic) bond motifs is 1. The zero-order valence-electron chi connectivity index (χ0n) is 20.3. The summed E-state index contributed by atoms with van der Waals surface area (Å²) in [4.78, 5) is 32.4. The summed E-state index contributed by atoms with van der Waals surface area (Å²) < 4.78 is 30.7. The Morgan fingerprint density at radius 1 is 1.03 bits per heavy atom. The zero-order chi connectivity index (χ0) is 25.4. The van der Waals surface area contributed by atoms with Gasteiger partial charge in [-0.2, -0.15) is 4.31 Å². The van der Waals surface area contributed by atoms with Crippen LogP contribution in [0, 0.1) is 0 Å². The van der Waals surface area contributed by atoms with Crippen LogP contribution in [0.25, 0.3) is 22.3 Å². The third kappa shape index (κ3) is 4.47. The second-order valence-electron chi connectivity index (χ2n) is 9.03. The number of sulfonamides is 1. The number of aryl methyl sites for hydroxylation is 1. The van der Waals surface area contributed by atoms with Crippen molar-refractivity contribution in [2.45, 2.75) is 31.3 Å². The molecule has 1 aromatic carbocycles. The van der Waals surface area contributed by atoms with Crippen molar-refractivity contribution in [3.63, 3.8) is 0 Å². The molecule has 0 saturated carbocycles. The van der Waals surface area contributed by atoms with E-state index in [0.717, 1.165) is 12.1 Å². The zero-order valence-corrected chi connectivity index (χ0v) is 21.9. The van der Waals surface area contributed by atoms with Crippen LogP contribution in [0.15, 0.2) is 62.3 Å². The summed E-state index contributed by atoms with van der Waals surface area (Å²) >= 11 is 1.71. The molecule has 1 saturated heterocycles. The van der Waals surface area contributed by atoms with E-state index >= 15 is 0 Å². The van der Waals surface area contributed by atoms with E-state index in [2.05, 4.69) is 21.3 Å². The molecule has 1 fully saturated rings. The third-order valence-corrected chi connectivity index (χ3v) is 9.45. The number of nitrogens with one attached hydrogen (secondary N) is 1. The number of aromatic amines is 1. The van der Waals surface area contributed by atoms with Crippen molar-refractivity contribution in [2.75, 3.05) is 26.2 Å². The molecule has 0 aliphatic carbocycles. The van der Waals surface area contributed by atoms with Gasteiger partial charge in [-0.05, 0) is 41.6 Å². The minimum absolute atomic E-state index is 0.242. The fraction of sp³-hybridized carbons (Fsp3) is 0.360. The molecule has 1 aliphatic rings. The quantitative estimate of drug-likeness (QED) is 0.398. The highest BCUT2D eigenvalue weighted by Gasteiger charge is 2.28. The molecule has 3 aromatic heterocycles. The Morgan fingerprint density at radius 2 is 1.75 bits per heavy atom. The van der Waals surface area contributed by atoms with E-state index in [1.807, 2.05) is 13.0 Å². The predicted molar refractivity (Wildman–Crippen MR) is 142 cm³/mol. The highest BCUT2D eigenvalue weighted by molar-refractivity contribution is 7.89. The molecule has 1 N–H and O–H groups in total. The van der Waals surface area contributed by atoms with Gasteiger partial charge in [0.05, 0.1) is 10.4 Å². The fourth-order valence-electron chi connectivity index (χ4n) is 4.66. The summed E-state index contributed by atoms with van der Waals surface area (Å²) in [6.45, 7) is 5.41. The number of H-pyrrole nitrogens is 1. The normalized spacial score (nSPS) is 15.6. The molecule has 11 heteroatoms. The van der Waals surface area contributed by atoms with E-state index in [9.17, 15) is 18.0 Å². The van der Waals surface area contributed by atoms with Crippen LogP contribution in [-0.4, -0.2) is 57.9 Å². The molecule has 0 amide bonds. The Bertz CT molecular complexity index is 1590. The van der Waals surface area contributed by atoms with E-state index in [-0.39, 0.29) is 16.1 Å². The summed E-state index contributed by atoms with van der Waals surface area (Å²) in [5, 5.41) is 2.05. The molecule has 0 atom stereocenters. The van der Waals surface area contributed by atoms with Crippen LogP contribution in [0.2, 0.25) is 0 Å². The number of piperazine rings is 1. The fourth-order valence-corrected chi connectivity index (χ4v) is 6.83. The average Bonchev–Trinajstić information content (AvgIpc) is 3.56.